The molecule has 110 valence electrons. The third-order valence-corrected chi connectivity index (χ3v) is 2.87. The van der Waals surface area contributed by atoms with Crippen molar-refractivity contribution in [3.63, 3.8) is 0 Å². The molecule has 0 unspecified atom stereocenters. The number of hydrogen-bond acceptors (Lipinski definition) is 4. The van der Waals surface area contributed by atoms with Gasteiger partial charge in [-0.2, -0.15) is 5.10 Å². The predicted octanol–water partition coefficient (Wildman–Crippen LogP) is 3.44. The molecule has 6 heteroatoms. The molecule has 5 nitrogen and oxygen atoms in total. The fourth-order valence-corrected chi connectivity index (χ4v) is 1.85. The van der Waals surface area contributed by atoms with E-state index in [4.69, 9.17) is 8.83 Å². The number of carbonyl (C=O) groups is 1. The Balaban J connectivity index is 1.68. The van der Waals surface area contributed by atoms with E-state index < -0.39 is 5.91 Å². The molecule has 1 aromatic carbocycles. The summed E-state index contributed by atoms with van der Waals surface area (Å²) < 4.78 is 24.0. The summed E-state index contributed by atoms with van der Waals surface area (Å²) in [7, 11) is 0. The largest absolute Gasteiger partial charge is 0.459 e. The molecular weight excluding hydrogens is 287 g/mol. The summed E-state index contributed by atoms with van der Waals surface area (Å²) in [5, 5.41) is 3.75. The highest BCUT2D eigenvalue weighted by Gasteiger charge is 2.09. The lowest BCUT2D eigenvalue weighted by molar-refractivity contribution is 0.0927. The monoisotopic (exact) mass is 298 g/mol. The molecule has 0 saturated heterocycles. The number of benzene rings is 1. The van der Waals surface area contributed by atoms with Gasteiger partial charge in [-0.3, -0.25) is 4.79 Å². The average molecular weight is 298 g/mol. The Hall–Kier alpha value is -3.15. The quantitative estimate of drug-likeness (QED) is 0.592. The topological polar surface area (TPSA) is 67.7 Å². The molecule has 2 heterocycles. The second-order valence-electron chi connectivity index (χ2n) is 4.36. The molecule has 22 heavy (non-hydrogen) atoms. The Morgan fingerprint density at radius 1 is 1.14 bits per heavy atom. The standard InChI is InChI=1S/C16H11FN2O3/c17-13-5-2-1-4-12(13)14-8-7-11(22-14)10-18-19-16(20)15-6-3-9-21-15/h1-10H,(H,19,20)/b18-10-. The van der Waals surface area contributed by atoms with Crippen LogP contribution in [0.4, 0.5) is 4.39 Å². The van der Waals surface area contributed by atoms with Crippen LogP contribution < -0.4 is 5.43 Å². The van der Waals surface area contributed by atoms with Crippen LogP contribution in [0.15, 0.2) is 68.7 Å². The van der Waals surface area contributed by atoms with E-state index in [-0.39, 0.29) is 11.6 Å². The summed E-state index contributed by atoms with van der Waals surface area (Å²) in [4.78, 5) is 11.6. The maximum atomic E-state index is 13.6. The van der Waals surface area contributed by atoms with Crippen molar-refractivity contribution in [1.29, 1.82) is 0 Å². The Bertz CT molecular complexity index is 806. The first-order valence-electron chi connectivity index (χ1n) is 6.46. The highest BCUT2D eigenvalue weighted by atomic mass is 19.1. The van der Waals surface area contributed by atoms with E-state index in [2.05, 4.69) is 10.5 Å². The number of amides is 1. The second kappa shape index (κ2) is 6.09. The third kappa shape index (κ3) is 2.95. The minimum Gasteiger partial charge on any atom is -0.459 e. The van der Waals surface area contributed by atoms with Gasteiger partial charge in [0.05, 0.1) is 18.0 Å². The highest BCUT2D eigenvalue weighted by molar-refractivity contribution is 5.92. The van der Waals surface area contributed by atoms with Gasteiger partial charge in [-0.1, -0.05) is 12.1 Å². The van der Waals surface area contributed by atoms with Gasteiger partial charge < -0.3 is 8.83 Å². The minimum absolute atomic E-state index is 0.156. The summed E-state index contributed by atoms with van der Waals surface area (Å²) in [6.45, 7) is 0. The summed E-state index contributed by atoms with van der Waals surface area (Å²) in [6.07, 6.45) is 2.72. The van der Waals surface area contributed by atoms with Gasteiger partial charge in [0.1, 0.15) is 17.3 Å². The van der Waals surface area contributed by atoms with Gasteiger partial charge in [-0.05, 0) is 36.4 Å². The molecule has 0 saturated carbocycles. The van der Waals surface area contributed by atoms with E-state index >= 15 is 0 Å². The third-order valence-electron chi connectivity index (χ3n) is 2.87. The molecule has 0 radical (unpaired) electrons. The zero-order chi connectivity index (χ0) is 15.4. The van der Waals surface area contributed by atoms with E-state index in [1.54, 1.807) is 36.4 Å². The normalized spacial score (nSPS) is 11.0. The number of hydrogen-bond donors (Lipinski definition) is 1. The van der Waals surface area contributed by atoms with Crippen LogP contribution in [0.1, 0.15) is 16.3 Å². The van der Waals surface area contributed by atoms with Crippen molar-refractivity contribution in [2.75, 3.05) is 0 Å². The Morgan fingerprint density at radius 3 is 2.77 bits per heavy atom. The molecule has 3 rings (SSSR count). The molecule has 1 N–H and O–H groups in total. The highest BCUT2D eigenvalue weighted by Crippen LogP contribution is 2.24. The molecule has 3 aromatic rings. The van der Waals surface area contributed by atoms with Gasteiger partial charge in [0, 0.05) is 0 Å². The first kappa shape index (κ1) is 13.8. The lowest BCUT2D eigenvalue weighted by atomic mass is 10.1. The number of hydrazone groups is 1. The maximum absolute atomic E-state index is 13.6. The van der Waals surface area contributed by atoms with Crippen molar-refractivity contribution < 1.29 is 18.0 Å². The van der Waals surface area contributed by atoms with Gasteiger partial charge in [0.2, 0.25) is 0 Å². The smallest absolute Gasteiger partial charge is 0.307 e. The molecule has 0 atom stereocenters. The van der Waals surface area contributed by atoms with Crippen LogP contribution in [0.5, 0.6) is 0 Å². The summed E-state index contributed by atoms with van der Waals surface area (Å²) in [5.41, 5.74) is 2.66. The average Bonchev–Trinajstić information content (AvgIpc) is 3.19. The number of carbonyl (C=O) groups excluding carboxylic acids is 1. The first-order chi connectivity index (χ1) is 10.7. The molecule has 2 aromatic heterocycles. The molecule has 0 aliphatic carbocycles. The summed E-state index contributed by atoms with van der Waals surface area (Å²) in [5.74, 6) is 0.0899. The van der Waals surface area contributed by atoms with Gasteiger partial charge in [-0.25, -0.2) is 9.82 Å². The first-order valence-corrected chi connectivity index (χ1v) is 6.46. The Labute approximate surface area is 125 Å². The zero-order valence-corrected chi connectivity index (χ0v) is 11.3. The minimum atomic E-state index is -0.470. The van der Waals surface area contributed by atoms with Crippen molar-refractivity contribution in [3.8, 4) is 11.3 Å². The van der Waals surface area contributed by atoms with Crippen molar-refractivity contribution in [3.05, 3.63) is 72.1 Å². The van der Waals surface area contributed by atoms with Crippen LogP contribution in [-0.4, -0.2) is 12.1 Å². The number of halogens is 1. The van der Waals surface area contributed by atoms with E-state index in [0.717, 1.165) is 0 Å². The van der Waals surface area contributed by atoms with E-state index in [9.17, 15) is 9.18 Å². The number of nitrogens with zero attached hydrogens (tertiary/aromatic N) is 1. The molecule has 0 bridgehead atoms. The van der Waals surface area contributed by atoms with Crippen molar-refractivity contribution >= 4 is 12.1 Å². The van der Waals surface area contributed by atoms with Crippen molar-refractivity contribution in [1.82, 2.24) is 5.43 Å². The predicted molar refractivity (Wildman–Crippen MR) is 77.9 cm³/mol. The molecule has 0 aliphatic rings. The maximum Gasteiger partial charge on any atom is 0.307 e. The van der Waals surface area contributed by atoms with Crippen molar-refractivity contribution in [2.45, 2.75) is 0 Å². The van der Waals surface area contributed by atoms with E-state index in [1.807, 2.05) is 0 Å². The van der Waals surface area contributed by atoms with E-state index in [1.165, 1.54) is 24.6 Å². The molecule has 1 amide bonds. The fraction of sp³-hybridized carbons (Fsp3) is 0. The second-order valence-corrected chi connectivity index (χ2v) is 4.36. The summed E-state index contributed by atoms with van der Waals surface area (Å²) >= 11 is 0. The molecule has 0 fully saturated rings. The van der Waals surface area contributed by atoms with Gasteiger partial charge in [0.25, 0.3) is 0 Å². The Kier molecular flexibility index (Phi) is 3.82. The summed E-state index contributed by atoms with van der Waals surface area (Å²) in [6, 6.07) is 12.7. The van der Waals surface area contributed by atoms with Crippen LogP contribution in [0.25, 0.3) is 11.3 Å². The van der Waals surface area contributed by atoms with Gasteiger partial charge >= 0.3 is 5.91 Å². The SMILES string of the molecule is O=C(N/N=C\c1ccc(-c2ccccc2F)o1)c1ccco1. The van der Waals surface area contributed by atoms with Crippen LogP contribution in [0, 0.1) is 5.82 Å². The van der Waals surface area contributed by atoms with Crippen molar-refractivity contribution in [2.24, 2.45) is 5.10 Å². The molecular formula is C16H11FN2O3. The molecule has 0 aliphatic heterocycles. The number of nitrogens with one attached hydrogen (secondary N) is 1. The number of rotatable bonds is 4. The fourth-order valence-electron chi connectivity index (χ4n) is 1.85. The van der Waals surface area contributed by atoms with Gasteiger partial charge in [-0.15, -0.1) is 0 Å². The lowest BCUT2D eigenvalue weighted by Gasteiger charge is -1.97. The van der Waals surface area contributed by atoms with Crippen LogP contribution >= 0.6 is 0 Å². The van der Waals surface area contributed by atoms with Crippen LogP contribution in [-0.2, 0) is 0 Å². The molecule has 0 spiro atoms. The van der Waals surface area contributed by atoms with E-state index in [0.29, 0.717) is 17.1 Å². The zero-order valence-electron chi connectivity index (χ0n) is 11.3. The number of furan rings is 2. The lowest BCUT2D eigenvalue weighted by Crippen LogP contribution is -2.16. The van der Waals surface area contributed by atoms with Gasteiger partial charge in [0.15, 0.2) is 5.76 Å². The van der Waals surface area contributed by atoms with Crippen LogP contribution in [0.2, 0.25) is 0 Å². The van der Waals surface area contributed by atoms with Crippen LogP contribution in [0.3, 0.4) is 0 Å². The Morgan fingerprint density at radius 2 is 2.00 bits per heavy atom.